The number of anilines is 1. The van der Waals surface area contributed by atoms with Crippen LogP contribution in [0.15, 0.2) is 6.07 Å². The monoisotopic (exact) mass is 238 g/mol. The minimum Gasteiger partial charge on any atom is -0.481 e. The Morgan fingerprint density at radius 1 is 1.47 bits per heavy atom. The largest absolute Gasteiger partial charge is 0.481 e. The molecule has 1 aromatic heterocycles. The highest BCUT2D eigenvalue weighted by Gasteiger charge is 2.06. The van der Waals surface area contributed by atoms with Gasteiger partial charge in [-0.2, -0.15) is 4.98 Å². The standard InChI is InChI=1S/C11H18N4O2/c1-8-7-10(17-3)15-11(13-8)14-9(16)5-4-6-12-2/h7,12H,4-6H2,1-3H3,(H,13,14,15,16). The molecule has 1 amide bonds. The van der Waals surface area contributed by atoms with Gasteiger partial charge in [-0.05, 0) is 26.9 Å². The van der Waals surface area contributed by atoms with E-state index in [1.54, 1.807) is 6.07 Å². The zero-order chi connectivity index (χ0) is 12.7. The fourth-order valence-electron chi connectivity index (χ4n) is 1.31. The molecule has 6 nitrogen and oxygen atoms in total. The maximum Gasteiger partial charge on any atom is 0.232 e. The van der Waals surface area contributed by atoms with Crippen molar-refractivity contribution >= 4 is 11.9 Å². The first-order chi connectivity index (χ1) is 8.15. The summed E-state index contributed by atoms with van der Waals surface area (Å²) in [6, 6.07) is 1.71. The van der Waals surface area contributed by atoms with Gasteiger partial charge >= 0.3 is 0 Å². The number of hydrogen-bond donors (Lipinski definition) is 2. The van der Waals surface area contributed by atoms with Crippen molar-refractivity contribution in [2.45, 2.75) is 19.8 Å². The lowest BCUT2D eigenvalue weighted by atomic mass is 10.3. The number of carbonyl (C=O) groups excluding carboxylic acids is 1. The number of amides is 1. The van der Waals surface area contributed by atoms with Crippen LogP contribution in [0.2, 0.25) is 0 Å². The highest BCUT2D eigenvalue weighted by molar-refractivity contribution is 5.88. The van der Waals surface area contributed by atoms with Gasteiger partial charge in [-0.3, -0.25) is 10.1 Å². The molecule has 0 radical (unpaired) electrons. The maximum atomic E-state index is 11.5. The van der Waals surface area contributed by atoms with Gasteiger partial charge in [0.1, 0.15) is 0 Å². The zero-order valence-corrected chi connectivity index (χ0v) is 10.4. The van der Waals surface area contributed by atoms with Gasteiger partial charge in [0, 0.05) is 18.2 Å². The summed E-state index contributed by atoms with van der Waals surface area (Å²) in [5.41, 5.74) is 0.752. The van der Waals surface area contributed by atoms with Crippen molar-refractivity contribution in [3.8, 4) is 5.88 Å². The molecule has 0 aromatic carbocycles. The van der Waals surface area contributed by atoms with Crippen molar-refractivity contribution in [3.63, 3.8) is 0 Å². The molecule has 0 atom stereocenters. The molecule has 0 fully saturated rings. The molecule has 0 aliphatic heterocycles. The van der Waals surface area contributed by atoms with Crippen LogP contribution in [-0.2, 0) is 4.79 Å². The van der Waals surface area contributed by atoms with E-state index < -0.39 is 0 Å². The summed E-state index contributed by atoms with van der Waals surface area (Å²) in [6.45, 7) is 2.63. The molecule has 0 saturated heterocycles. The van der Waals surface area contributed by atoms with Crippen molar-refractivity contribution in [2.24, 2.45) is 0 Å². The van der Waals surface area contributed by atoms with E-state index in [1.807, 2.05) is 14.0 Å². The van der Waals surface area contributed by atoms with Crippen LogP contribution in [0.1, 0.15) is 18.5 Å². The van der Waals surface area contributed by atoms with Crippen molar-refractivity contribution in [2.75, 3.05) is 26.0 Å². The predicted molar refractivity (Wildman–Crippen MR) is 65.1 cm³/mol. The van der Waals surface area contributed by atoms with Crippen LogP contribution in [-0.4, -0.2) is 36.6 Å². The van der Waals surface area contributed by atoms with E-state index in [4.69, 9.17) is 4.74 Å². The Hall–Kier alpha value is -1.69. The van der Waals surface area contributed by atoms with Crippen molar-refractivity contribution in [1.82, 2.24) is 15.3 Å². The number of hydrogen-bond acceptors (Lipinski definition) is 5. The molecular formula is C11H18N4O2. The minimum absolute atomic E-state index is 0.0899. The molecule has 94 valence electrons. The zero-order valence-electron chi connectivity index (χ0n) is 10.4. The van der Waals surface area contributed by atoms with Crippen molar-refractivity contribution < 1.29 is 9.53 Å². The first kappa shape index (κ1) is 13.4. The molecule has 17 heavy (non-hydrogen) atoms. The normalized spacial score (nSPS) is 10.1. The van der Waals surface area contributed by atoms with Crippen LogP contribution >= 0.6 is 0 Å². The fourth-order valence-corrected chi connectivity index (χ4v) is 1.31. The quantitative estimate of drug-likeness (QED) is 0.715. The Labute approximate surface area is 101 Å². The second-order valence-corrected chi connectivity index (χ2v) is 3.63. The van der Waals surface area contributed by atoms with Gasteiger partial charge in [-0.15, -0.1) is 0 Å². The SMILES string of the molecule is CNCCCC(=O)Nc1nc(C)cc(OC)n1. The summed E-state index contributed by atoms with van der Waals surface area (Å²) in [4.78, 5) is 19.7. The number of aromatic nitrogens is 2. The topological polar surface area (TPSA) is 76.1 Å². The summed E-state index contributed by atoms with van der Waals surface area (Å²) in [5, 5.41) is 5.63. The molecule has 6 heteroatoms. The molecule has 1 rings (SSSR count). The highest BCUT2D eigenvalue weighted by Crippen LogP contribution is 2.11. The number of methoxy groups -OCH3 is 1. The van der Waals surface area contributed by atoms with Gasteiger partial charge in [0.15, 0.2) is 0 Å². The second-order valence-electron chi connectivity index (χ2n) is 3.63. The van der Waals surface area contributed by atoms with Gasteiger partial charge < -0.3 is 10.1 Å². The second kappa shape index (κ2) is 6.80. The third-order valence-corrected chi connectivity index (χ3v) is 2.12. The Balaban J connectivity index is 2.55. The molecule has 1 heterocycles. The van der Waals surface area contributed by atoms with Gasteiger partial charge in [0.05, 0.1) is 7.11 Å². The predicted octanol–water partition coefficient (Wildman–Crippen LogP) is 0.732. The summed E-state index contributed by atoms with van der Waals surface area (Å²) in [5.74, 6) is 0.646. The summed E-state index contributed by atoms with van der Waals surface area (Å²) in [6.07, 6.45) is 1.23. The Morgan fingerprint density at radius 2 is 2.24 bits per heavy atom. The molecule has 0 aliphatic rings. The lowest BCUT2D eigenvalue weighted by molar-refractivity contribution is -0.116. The molecule has 1 aromatic rings. The first-order valence-corrected chi connectivity index (χ1v) is 5.50. The van der Waals surface area contributed by atoms with Crippen LogP contribution in [0.3, 0.4) is 0 Å². The average molecular weight is 238 g/mol. The van der Waals surface area contributed by atoms with Crippen LogP contribution in [0.25, 0.3) is 0 Å². The van der Waals surface area contributed by atoms with Gasteiger partial charge in [0.25, 0.3) is 0 Å². The lowest BCUT2D eigenvalue weighted by Gasteiger charge is -2.06. The summed E-state index contributed by atoms with van der Waals surface area (Å²) in [7, 11) is 3.38. The Bertz CT molecular complexity index is 382. The average Bonchev–Trinajstić information content (AvgIpc) is 2.28. The number of nitrogens with zero attached hydrogens (tertiary/aromatic N) is 2. The molecular weight excluding hydrogens is 220 g/mol. The van der Waals surface area contributed by atoms with E-state index in [0.29, 0.717) is 12.3 Å². The molecule has 0 bridgehead atoms. The van der Waals surface area contributed by atoms with Crippen LogP contribution < -0.4 is 15.4 Å². The summed E-state index contributed by atoms with van der Waals surface area (Å²) < 4.78 is 5.00. The lowest BCUT2D eigenvalue weighted by Crippen LogP contribution is -2.17. The van der Waals surface area contributed by atoms with Gasteiger partial charge in [-0.25, -0.2) is 4.98 Å². The molecule has 0 aliphatic carbocycles. The number of ether oxygens (including phenoxy) is 1. The number of aryl methyl sites for hydroxylation is 1. The van der Waals surface area contributed by atoms with Crippen LogP contribution in [0, 0.1) is 6.92 Å². The van der Waals surface area contributed by atoms with Crippen LogP contribution in [0.5, 0.6) is 5.88 Å². The van der Waals surface area contributed by atoms with Crippen molar-refractivity contribution in [3.05, 3.63) is 11.8 Å². The van der Waals surface area contributed by atoms with E-state index in [1.165, 1.54) is 7.11 Å². The molecule has 0 unspecified atom stereocenters. The first-order valence-electron chi connectivity index (χ1n) is 5.50. The van der Waals surface area contributed by atoms with E-state index in [9.17, 15) is 4.79 Å². The Kier molecular flexibility index (Phi) is 5.35. The van der Waals surface area contributed by atoms with Crippen LogP contribution in [0.4, 0.5) is 5.95 Å². The highest BCUT2D eigenvalue weighted by atomic mass is 16.5. The van der Waals surface area contributed by atoms with E-state index in [-0.39, 0.29) is 11.9 Å². The maximum absolute atomic E-state index is 11.5. The fraction of sp³-hybridized carbons (Fsp3) is 0.545. The third-order valence-electron chi connectivity index (χ3n) is 2.12. The summed E-state index contributed by atoms with van der Waals surface area (Å²) >= 11 is 0. The number of carbonyl (C=O) groups is 1. The van der Waals surface area contributed by atoms with E-state index in [2.05, 4.69) is 20.6 Å². The van der Waals surface area contributed by atoms with Crippen molar-refractivity contribution in [1.29, 1.82) is 0 Å². The van der Waals surface area contributed by atoms with Gasteiger partial charge in [-0.1, -0.05) is 0 Å². The molecule has 0 spiro atoms. The third kappa shape index (κ3) is 4.78. The van der Waals surface area contributed by atoms with E-state index >= 15 is 0 Å². The number of nitrogens with one attached hydrogen (secondary N) is 2. The molecule has 0 saturated carbocycles. The minimum atomic E-state index is -0.0899. The molecule has 2 N–H and O–H groups in total. The Morgan fingerprint density at radius 3 is 2.88 bits per heavy atom. The number of rotatable bonds is 6. The van der Waals surface area contributed by atoms with E-state index in [0.717, 1.165) is 18.7 Å². The smallest absolute Gasteiger partial charge is 0.232 e. The van der Waals surface area contributed by atoms with Gasteiger partial charge in [0.2, 0.25) is 17.7 Å².